The number of unbranched alkanes of at least 4 members (excludes halogenated alkanes) is 2. The van der Waals surface area contributed by atoms with Gasteiger partial charge in [-0.1, -0.05) is 0 Å². The van der Waals surface area contributed by atoms with Crippen molar-refractivity contribution in [1.29, 1.82) is 0 Å². The number of rotatable bonds is 12. The zero-order valence-electron chi connectivity index (χ0n) is 19.3. The zero-order chi connectivity index (χ0) is 25.9. The van der Waals surface area contributed by atoms with Crippen molar-refractivity contribution < 1.29 is 34.1 Å². The number of hydrogen-bond donors (Lipinski definition) is 3. The molecule has 0 aliphatic rings. The number of azo groups is 1. The maximum absolute atomic E-state index is 12.0. The van der Waals surface area contributed by atoms with E-state index in [2.05, 4.69) is 10.2 Å². The molecule has 0 aliphatic carbocycles. The van der Waals surface area contributed by atoms with Crippen molar-refractivity contribution in [2.75, 3.05) is 12.3 Å². The Morgan fingerprint density at radius 1 is 0.722 bits per heavy atom. The first-order valence-corrected chi connectivity index (χ1v) is 11.1. The predicted octanol–water partition coefficient (Wildman–Crippen LogP) is 5.63. The number of aromatic carboxylic acids is 2. The van der Waals surface area contributed by atoms with Crippen LogP contribution in [0.5, 0.6) is 11.5 Å². The third kappa shape index (κ3) is 8.24. The summed E-state index contributed by atoms with van der Waals surface area (Å²) >= 11 is 0. The van der Waals surface area contributed by atoms with Gasteiger partial charge in [0.1, 0.15) is 11.5 Å². The molecule has 0 unspecified atom stereocenters. The van der Waals surface area contributed by atoms with Gasteiger partial charge in [0.15, 0.2) is 0 Å². The smallest absolute Gasteiger partial charge is 0.335 e. The summed E-state index contributed by atoms with van der Waals surface area (Å²) < 4.78 is 10.8. The quantitative estimate of drug-likeness (QED) is 0.0966. The predicted molar refractivity (Wildman–Crippen MR) is 131 cm³/mol. The van der Waals surface area contributed by atoms with Crippen molar-refractivity contribution in [3.63, 3.8) is 0 Å². The van der Waals surface area contributed by atoms with Gasteiger partial charge in [0.05, 0.1) is 29.1 Å². The summed E-state index contributed by atoms with van der Waals surface area (Å²) in [6.45, 7) is 0.462. The maximum Gasteiger partial charge on any atom is 0.335 e. The van der Waals surface area contributed by atoms with Gasteiger partial charge in [0, 0.05) is 12.1 Å². The monoisotopic (exact) mass is 491 g/mol. The van der Waals surface area contributed by atoms with E-state index >= 15 is 0 Å². The van der Waals surface area contributed by atoms with Gasteiger partial charge in [-0.25, -0.2) is 9.59 Å². The Labute approximate surface area is 207 Å². The van der Waals surface area contributed by atoms with Crippen molar-refractivity contribution in [2.45, 2.75) is 25.7 Å². The van der Waals surface area contributed by atoms with Crippen molar-refractivity contribution >= 4 is 35.0 Å². The van der Waals surface area contributed by atoms with Crippen LogP contribution in [0.3, 0.4) is 0 Å². The van der Waals surface area contributed by atoms with Gasteiger partial charge >= 0.3 is 17.9 Å². The topological polar surface area (TPSA) is 161 Å². The van der Waals surface area contributed by atoms with Gasteiger partial charge in [-0.15, -0.1) is 0 Å². The first-order chi connectivity index (χ1) is 17.3. The van der Waals surface area contributed by atoms with E-state index in [1.165, 1.54) is 0 Å². The lowest BCUT2D eigenvalue weighted by atomic mass is 10.1. The SMILES string of the molecule is Nc1ccc(N=Nc2ccc(OCCCCCC(=O)Oc3cc(C(=O)O)cc(C(=O)O)c3)cc2)cc1. The number of nitrogen functional groups attached to an aromatic ring is 1. The number of nitrogens with zero attached hydrogens (tertiary/aromatic N) is 2. The van der Waals surface area contributed by atoms with Crippen molar-refractivity contribution in [3.8, 4) is 11.5 Å². The van der Waals surface area contributed by atoms with Crippen LogP contribution in [0.2, 0.25) is 0 Å². The molecule has 0 fully saturated rings. The van der Waals surface area contributed by atoms with E-state index in [0.717, 1.165) is 18.2 Å². The summed E-state index contributed by atoms with van der Waals surface area (Å²) in [4.78, 5) is 34.3. The van der Waals surface area contributed by atoms with Crippen LogP contribution in [0.1, 0.15) is 46.4 Å². The Bertz CT molecular complexity index is 1210. The average molecular weight is 492 g/mol. The number of carbonyl (C=O) groups is 3. The Morgan fingerprint density at radius 2 is 1.28 bits per heavy atom. The summed E-state index contributed by atoms with van der Waals surface area (Å²) in [5, 5.41) is 26.5. The van der Waals surface area contributed by atoms with E-state index in [1.54, 1.807) is 48.5 Å². The van der Waals surface area contributed by atoms with Crippen molar-refractivity contribution in [2.24, 2.45) is 10.2 Å². The molecule has 0 radical (unpaired) electrons. The lowest BCUT2D eigenvalue weighted by Crippen LogP contribution is -2.10. The molecule has 0 aromatic heterocycles. The molecular formula is C26H25N3O7. The molecule has 3 aromatic rings. The van der Waals surface area contributed by atoms with Crippen LogP contribution in [0.25, 0.3) is 0 Å². The summed E-state index contributed by atoms with van der Waals surface area (Å²) in [7, 11) is 0. The normalized spacial score (nSPS) is 10.8. The van der Waals surface area contributed by atoms with Gasteiger partial charge in [-0.3, -0.25) is 4.79 Å². The molecule has 10 heteroatoms. The molecule has 10 nitrogen and oxygen atoms in total. The molecule has 4 N–H and O–H groups in total. The molecule has 0 saturated carbocycles. The molecule has 36 heavy (non-hydrogen) atoms. The van der Waals surface area contributed by atoms with Crippen LogP contribution in [0.15, 0.2) is 77.0 Å². The highest BCUT2D eigenvalue weighted by atomic mass is 16.5. The number of carbonyl (C=O) groups excluding carboxylic acids is 1. The minimum atomic E-state index is -1.31. The number of nitrogens with two attached hydrogens (primary N) is 1. The van der Waals surface area contributed by atoms with Crippen LogP contribution in [0.4, 0.5) is 17.1 Å². The first kappa shape index (κ1) is 25.9. The minimum absolute atomic E-state index is 0.105. The highest BCUT2D eigenvalue weighted by Gasteiger charge is 2.14. The molecule has 0 bridgehead atoms. The number of hydrogen-bond acceptors (Lipinski definition) is 8. The maximum atomic E-state index is 12.0. The molecule has 0 saturated heterocycles. The summed E-state index contributed by atoms with van der Waals surface area (Å²) in [6, 6.07) is 17.5. The molecule has 0 spiro atoms. The van der Waals surface area contributed by atoms with Gasteiger partial charge in [-0.2, -0.15) is 10.2 Å². The Morgan fingerprint density at radius 3 is 1.83 bits per heavy atom. The van der Waals surface area contributed by atoms with Crippen LogP contribution in [-0.2, 0) is 4.79 Å². The van der Waals surface area contributed by atoms with Crippen LogP contribution in [-0.4, -0.2) is 34.7 Å². The number of benzene rings is 3. The lowest BCUT2D eigenvalue weighted by molar-refractivity contribution is -0.134. The van der Waals surface area contributed by atoms with E-state index < -0.39 is 17.9 Å². The van der Waals surface area contributed by atoms with Crippen LogP contribution >= 0.6 is 0 Å². The van der Waals surface area contributed by atoms with Gasteiger partial charge < -0.3 is 25.4 Å². The fraction of sp³-hybridized carbons (Fsp3) is 0.192. The van der Waals surface area contributed by atoms with Gasteiger partial charge in [-0.05, 0) is 86.0 Å². The standard InChI is InChI=1S/C26H25N3O7/c27-19-5-7-20(8-6-19)28-29-21-9-11-22(12-10-21)35-13-3-1-2-4-24(30)36-23-15-17(25(31)32)14-18(16-23)26(33)34/h5-12,14-16H,1-4,13,27H2,(H,31,32)(H,33,34). The molecule has 0 atom stereocenters. The number of anilines is 1. The molecule has 3 aromatic carbocycles. The summed E-state index contributed by atoms with van der Waals surface area (Å²) in [6.07, 6.45) is 2.06. The van der Waals surface area contributed by atoms with E-state index in [-0.39, 0.29) is 23.3 Å². The number of ether oxygens (including phenoxy) is 2. The third-order valence-electron chi connectivity index (χ3n) is 4.94. The van der Waals surface area contributed by atoms with Gasteiger partial charge in [0.2, 0.25) is 0 Å². The highest BCUT2D eigenvalue weighted by molar-refractivity contribution is 5.94. The van der Waals surface area contributed by atoms with Crippen LogP contribution in [0, 0.1) is 0 Å². The number of carboxylic acid groups (broad SMARTS) is 2. The average Bonchev–Trinajstić information content (AvgIpc) is 2.86. The minimum Gasteiger partial charge on any atom is -0.494 e. The second-order valence-corrected chi connectivity index (χ2v) is 7.77. The largest absolute Gasteiger partial charge is 0.494 e. The Hall–Kier alpha value is -4.73. The molecule has 0 heterocycles. The molecular weight excluding hydrogens is 466 g/mol. The molecule has 3 rings (SSSR count). The fourth-order valence-electron chi connectivity index (χ4n) is 3.09. The first-order valence-electron chi connectivity index (χ1n) is 11.1. The lowest BCUT2D eigenvalue weighted by Gasteiger charge is -2.08. The number of esters is 1. The van der Waals surface area contributed by atoms with E-state index in [4.69, 9.17) is 25.4 Å². The van der Waals surface area contributed by atoms with Crippen molar-refractivity contribution in [1.82, 2.24) is 0 Å². The Balaban J connectivity index is 1.36. The summed E-state index contributed by atoms with van der Waals surface area (Å²) in [5.41, 5.74) is 7.15. The van der Waals surface area contributed by atoms with Gasteiger partial charge in [0.25, 0.3) is 0 Å². The third-order valence-corrected chi connectivity index (χ3v) is 4.94. The Kier molecular flexibility index (Phi) is 9.10. The fourth-order valence-corrected chi connectivity index (χ4v) is 3.09. The van der Waals surface area contributed by atoms with E-state index in [1.807, 2.05) is 0 Å². The van der Waals surface area contributed by atoms with E-state index in [0.29, 0.717) is 48.7 Å². The van der Waals surface area contributed by atoms with Crippen LogP contribution < -0.4 is 15.2 Å². The number of carboxylic acids is 2. The molecule has 0 amide bonds. The van der Waals surface area contributed by atoms with Crippen molar-refractivity contribution in [3.05, 3.63) is 77.9 Å². The highest BCUT2D eigenvalue weighted by Crippen LogP contribution is 2.22. The second kappa shape index (κ2) is 12.7. The van der Waals surface area contributed by atoms with E-state index in [9.17, 15) is 14.4 Å². The zero-order valence-corrected chi connectivity index (χ0v) is 19.3. The summed E-state index contributed by atoms with van der Waals surface area (Å²) in [5.74, 6) is -2.62. The second-order valence-electron chi connectivity index (χ2n) is 7.77. The molecule has 0 aliphatic heterocycles. The molecule has 186 valence electrons.